The second-order valence-electron chi connectivity index (χ2n) is 7.71. The van der Waals surface area contributed by atoms with Gasteiger partial charge >= 0.3 is 0 Å². The summed E-state index contributed by atoms with van der Waals surface area (Å²) in [5.41, 5.74) is 2.62. The summed E-state index contributed by atoms with van der Waals surface area (Å²) in [6, 6.07) is 20.4. The zero-order valence-electron chi connectivity index (χ0n) is 17.4. The third-order valence-corrected chi connectivity index (χ3v) is 6.48. The highest BCUT2D eigenvalue weighted by atomic mass is 35.5. The van der Waals surface area contributed by atoms with Crippen molar-refractivity contribution in [1.82, 2.24) is 9.80 Å². The van der Waals surface area contributed by atoms with E-state index < -0.39 is 0 Å². The molecule has 0 N–H and O–H groups in total. The summed E-state index contributed by atoms with van der Waals surface area (Å²) in [6.07, 6.45) is 0. The first-order valence-corrected chi connectivity index (χ1v) is 11.5. The number of piperazine rings is 1. The van der Waals surface area contributed by atoms with E-state index in [0.29, 0.717) is 46.9 Å². The molecule has 0 saturated carbocycles. The van der Waals surface area contributed by atoms with E-state index in [1.54, 1.807) is 12.1 Å². The Balaban J connectivity index is 1.28. The second kappa shape index (κ2) is 10.6. The fraction of sp³-hybridized carbons (Fsp3) is 0.240. The molecule has 1 saturated heterocycles. The van der Waals surface area contributed by atoms with Gasteiger partial charge < -0.3 is 9.64 Å². The van der Waals surface area contributed by atoms with Gasteiger partial charge in [-0.1, -0.05) is 53.0 Å². The van der Waals surface area contributed by atoms with Crippen LogP contribution in [0.5, 0.6) is 5.75 Å². The Labute approximate surface area is 203 Å². The van der Waals surface area contributed by atoms with Crippen molar-refractivity contribution in [2.45, 2.75) is 13.2 Å². The highest BCUT2D eigenvalue weighted by Gasteiger charge is 2.23. The molecule has 1 aliphatic heterocycles. The molecule has 0 aliphatic carbocycles. The minimum atomic E-state index is 0.0468. The first kappa shape index (κ1) is 22.9. The van der Waals surface area contributed by atoms with E-state index in [2.05, 4.69) is 4.90 Å². The van der Waals surface area contributed by atoms with Crippen molar-refractivity contribution in [3.63, 3.8) is 0 Å². The quantitative estimate of drug-likeness (QED) is 0.414. The van der Waals surface area contributed by atoms with Gasteiger partial charge in [0.15, 0.2) is 0 Å². The van der Waals surface area contributed by atoms with Gasteiger partial charge in [-0.05, 0) is 54.1 Å². The van der Waals surface area contributed by atoms with Crippen LogP contribution in [0.4, 0.5) is 0 Å². The van der Waals surface area contributed by atoms with Crippen molar-refractivity contribution < 1.29 is 9.53 Å². The zero-order chi connectivity index (χ0) is 22.5. The Morgan fingerprint density at radius 2 is 1.44 bits per heavy atom. The highest BCUT2D eigenvalue weighted by molar-refractivity contribution is 6.36. The van der Waals surface area contributed by atoms with Crippen LogP contribution in [0.1, 0.15) is 21.5 Å². The van der Waals surface area contributed by atoms with Gasteiger partial charge in [-0.15, -0.1) is 0 Å². The van der Waals surface area contributed by atoms with E-state index in [0.717, 1.165) is 30.0 Å². The summed E-state index contributed by atoms with van der Waals surface area (Å²) in [4.78, 5) is 17.1. The summed E-state index contributed by atoms with van der Waals surface area (Å²) in [5.74, 6) is 0.802. The maximum atomic E-state index is 12.9. The topological polar surface area (TPSA) is 32.8 Å². The van der Waals surface area contributed by atoms with Crippen LogP contribution in [-0.4, -0.2) is 41.9 Å². The number of carbonyl (C=O) groups excluding carboxylic acids is 1. The molecule has 0 atom stereocenters. The molecule has 3 aromatic carbocycles. The predicted molar refractivity (Wildman–Crippen MR) is 130 cm³/mol. The molecule has 3 aromatic rings. The van der Waals surface area contributed by atoms with E-state index in [4.69, 9.17) is 39.5 Å². The molecule has 32 heavy (non-hydrogen) atoms. The summed E-state index contributed by atoms with van der Waals surface area (Å²) >= 11 is 18.5. The Bertz CT molecular complexity index is 1040. The van der Waals surface area contributed by atoms with Crippen LogP contribution < -0.4 is 4.74 Å². The van der Waals surface area contributed by atoms with Crippen molar-refractivity contribution in [2.75, 3.05) is 26.2 Å². The van der Waals surface area contributed by atoms with Gasteiger partial charge in [0.05, 0.1) is 0 Å². The van der Waals surface area contributed by atoms with E-state index in [-0.39, 0.29) is 5.91 Å². The number of rotatable bonds is 6. The van der Waals surface area contributed by atoms with Crippen LogP contribution in [0.2, 0.25) is 15.1 Å². The number of halogens is 3. The number of ether oxygens (including phenoxy) is 1. The fourth-order valence-electron chi connectivity index (χ4n) is 3.64. The lowest BCUT2D eigenvalue weighted by Gasteiger charge is -2.35. The largest absolute Gasteiger partial charge is 0.489 e. The number of amides is 1. The molecular weight excluding hydrogens is 467 g/mol. The van der Waals surface area contributed by atoms with Gasteiger partial charge in [0.2, 0.25) is 0 Å². The van der Waals surface area contributed by atoms with Crippen LogP contribution in [0.3, 0.4) is 0 Å². The maximum Gasteiger partial charge on any atom is 0.253 e. The Kier molecular flexibility index (Phi) is 7.59. The van der Waals surface area contributed by atoms with Gasteiger partial charge in [-0.2, -0.15) is 0 Å². The molecule has 0 spiro atoms. The Morgan fingerprint density at radius 1 is 0.812 bits per heavy atom. The van der Waals surface area contributed by atoms with Gasteiger partial charge in [0, 0.05) is 58.9 Å². The molecule has 4 nitrogen and oxygen atoms in total. The summed E-state index contributed by atoms with van der Waals surface area (Å²) in [5, 5.41) is 2.03. The number of carbonyl (C=O) groups is 1. The monoisotopic (exact) mass is 488 g/mol. The van der Waals surface area contributed by atoms with Gasteiger partial charge in [-0.25, -0.2) is 0 Å². The van der Waals surface area contributed by atoms with E-state index in [1.807, 2.05) is 59.5 Å². The lowest BCUT2D eigenvalue weighted by Crippen LogP contribution is -2.48. The van der Waals surface area contributed by atoms with E-state index >= 15 is 0 Å². The number of nitrogens with zero attached hydrogens (tertiary/aromatic N) is 2. The first-order chi connectivity index (χ1) is 15.5. The molecule has 7 heteroatoms. The molecule has 166 valence electrons. The molecule has 4 rings (SSSR count). The summed E-state index contributed by atoms with van der Waals surface area (Å²) in [6.45, 7) is 4.01. The molecule has 1 amide bonds. The van der Waals surface area contributed by atoms with Gasteiger partial charge in [0.25, 0.3) is 5.91 Å². The van der Waals surface area contributed by atoms with Crippen molar-refractivity contribution in [2.24, 2.45) is 0 Å². The van der Waals surface area contributed by atoms with Crippen molar-refractivity contribution in [1.29, 1.82) is 0 Å². The van der Waals surface area contributed by atoms with Crippen molar-refractivity contribution in [3.8, 4) is 5.75 Å². The lowest BCUT2D eigenvalue weighted by molar-refractivity contribution is 0.0628. The average Bonchev–Trinajstić information content (AvgIpc) is 2.81. The van der Waals surface area contributed by atoms with Crippen molar-refractivity contribution in [3.05, 3.63) is 98.5 Å². The molecule has 1 aliphatic rings. The van der Waals surface area contributed by atoms with Crippen LogP contribution in [0, 0.1) is 0 Å². The molecule has 1 fully saturated rings. The van der Waals surface area contributed by atoms with E-state index in [1.165, 1.54) is 0 Å². The SMILES string of the molecule is O=C(c1ccc(COc2ccc(Cl)cc2)cc1)N1CCN(Cc2c(Cl)cccc2Cl)CC1. The zero-order valence-corrected chi connectivity index (χ0v) is 19.7. The van der Waals surface area contributed by atoms with Crippen LogP contribution >= 0.6 is 34.8 Å². The number of benzene rings is 3. The molecule has 0 aromatic heterocycles. The molecule has 0 bridgehead atoms. The maximum absolute atomic E-state index is 12.9. The third-order valence-electron chi connectivity index (χ3n) is 5.52. The summed E-state index contributed by atoms with van der Waals surface area (Å²) < 4.78 is 5.76. The Morgan fingerprint density at radius 3 is 2.06 bits per heavy atom. The number of hydrogen-bond donors (Lipinski definition) is 0. The van der Waals surface area contributed by atoms with Crippen LogP contribution in [0.15, 0.2) is 66.7 Å². The first-order valence-electron chi connectivity index (χ1n) is 10.4. The van der Waals surface area contributed by atoms with Crippen LogP contribution in [-0.2, 0) is 13.2 Å². The fourth-order valence-corrected chi connectivity index (χ4v) is 4.28. The van der Waals surface area contributed by atoms with Gasteiger partial charge in [-0.3, -0.25) is 9.69 Å². The highest BCUT2D eigenvalue weighted by Crippen LogP contribution is 2.26. The standard InChI is InChI=1S/C25H23Cl3N2O2/c26-20-8-10-21(11-9-20)32-17-18-4-6-19(7-5-18)25(31)30-14-12-29(13-15-30)16-22-23(27)2-1-3-24(22)28/h1-11H,12-17H2. The van der Waals surface area contributed by atoms with Crippen LogP contribution in [0.25, 0.3) is 0 Å². The third kappa shape index (κ3) is 5.76. The smallest absolute Gasteiger partial charge is 0.253 e. The number of hydrogen-bond acceptors (Lipinski definition) is 3. The Hall–Kier alpha value is -2.24. The van der Waals surface area contributed by atoms with Crippen molar-refractivity contribution >= 4 is 40.7 Å². The lowest BCUT2D eigenvalue weighted by atomic mass is 10.1. The van der Waals surface area contributed by atoms with Gasteiger partial charge in [0.1, 0.15) is 12.4 Å². The molecular formula is C25H23Cl3N2O2. The second-order valence-corrected chi connectivity index (χ2v) is 8.96. The molecule has 1 heterocycles. The molecule has 0 radical (unpaired) electrons. The molecule has 0 unspecified atom stereocenters. The predicted octanol–water partition coefficient (Wildman–Crippen LogP) is 6.18. The normalized spacial score (nSPS) is 14.4. The van der Waals surface area contributed by atoms with E-state index in [9.17, 15) is 4.79 Å². The average molecular weight is 490 g/mol. The minimum Gasteiger partial charge on any atom is -0.489 e. The minimum absolute atomic E-state index is 0.0468. The summed E-state index contributed by atoms with van der Waals surface area (Å²) in [7, 11) is 0.